The number of hydrogen-bond donors (Lipinski definition) is 1. The number of aromatic amines is 1. The minimum absolute atomic E-state index is 0.0976. The van der Waals surface area contributed by atoms with Crippen LogP contribution in [0.5, 0.6) is 5.75 Å². The molecule has 0 spiro atoms. The molecule has 0 aliphatic carbocycles. The summed E-state index contributed by atoms with van der Waals surface area (Å²) in [4.78, 5) is 19.1. The zero-order valence-corrected chi connectivity index (χ0v) is 15.3. The minimum Gasteiger partial charge on any atom is -0.490 e. The third kappa shape index (κ3) is 4.03. The Morgan fingerprint density at radius 3 is 3.04 bits per heavy atom. The maximum atomic E-state index is 13.7. The van der Waals surface area contributed by atoms with Gasteiger partial charge in [-0.05, 0) is 38.4 Å². The number of nitrogens with one attached hydrogen (secondary N) is 1. The standard InChI is InChI=1S/C20H23FN4O2/c1-14-9-19-22-16(10-20(26)25(19)23-14)12-24-8-4-5-15(11-24)13-27-18-7-3-2-6-17(18)21/h2-3,6-7,9-10,15,23H,4-5,8,11-13H2,1H3/t15-/m1/s1. The van der Waals surface area contributed by atoms with Crippen molar-refractivity contribution < 1.29 is 9.13 Å². The monoisotopic (exact) mass is 370 g/mol. The number of aryl methyl sites for hydroxylation is 1. The maximum absolute atomic E-state index is 13.7. The van der Waals surface area contributed by atoms with Crippen LogP contribution in [-0.2, 0) is 6.54 Å². The lowest BCUT2D eigenvalue weighted by Gasteiger charge is -2.32. The highest BCUT2D eigenvalue weighted by molar-refractivity contribution is 5.39. The molecule has 3 aromatic rings. The van der Waals surface area contributed by atoms with Crippen molar-refractivity contribution in [3.63, 3.8) is 0 Å². The molecule has 142 valence electrons. The fourth-order valence-electron chi connectivity index (χ4n) is 3.67. The number of aromatic nitrogens is 3. The van der Waals surface area contributed by atoms with Gasteiger partial charge in [-0.2, -0.15) is 0 Å². The van der Waals surface area contributed by atoms with Gasteiger partial charge < -0.3 is 4.74 Å². The third-order valence-corrected chi connectivity index (χ3v) is 4.93. The van der Waals surface area contributed by atoms with E-state index in [0.717, 1.165) is 37.3 Å². The fraction of sp³-hybridized carbons (Fsp3) is 0.400. The highest BCUT2D eigenvalue weighted by Crippen LogP contribution is 2.21. The number of H-pyrrole nitrogens is 1. The molecule has 7 heteroatoms. The van der Waals surface area contributed by atoms with E-state index in [1.165, 1.54) is 10.6 Å². The average Bonchev–Trinajstić information content (AvgIpc) is 3.02. The molecule has 1 fully saturated rings. The molecule has 1 N–H and O–H groups in total. The van der Waals surface area contributed by atoms with Crippen LogP contribution >= 0.6 is 0 Å². The number of ether oxygens (including phenoxy) is 1. The molecule has 0 unspecified atom stereocenters. The van der Waals surface area contributed by atoms with Crippen LogP contribution < -0.4 is 10.3 Å². The second kappa shape index (κ2) is 7.52. The first-order valence-electron chi connectivity index (χ1n) is 9.26. The topological polar surface area (TPSA) is 62.6 Å². The number of hydrogen-bond acceptors (Lipinski definition) is 4. The number of likely N-dealkylation sites (tertiary alicyclic amines) is 1. The molecule has 1 aliphatic rings. The van der Waals surface area contributed by atoms with Crippen molar-refractivity contribution in [1.82, 2.24) is 19.5 Å². The van der Waals surface area contributed by atoms with Crippen LogP contribution in [0.1, 0.15) is 24.2 Å². The molecule has 1 atom stereocenters. The number of fused-ring (bicyclic) bond motifs is 1. The number of rotatable bonds is 5. The van der Waals surface area contributed by atoms with Gasteiger partial charge in [-0.1, -0.05) is 12.1 Å². The van der Waals surface area contributed by atoms with E-state index >= 15 is 0 Å². The van der Waals surface area contributed by atoms with E-state index in [1.807, 2.05) is 13.0 Å². The molecule has 0 amide bonds. The first-order valence-corrected chi connectivity index (χ1v) is 9.26. The van der Waals surface area contributed by atoms with Gasteiger partial charge >= 0.3 is 0 Å². The lowest BCUT2D eigenvalue weighted by Crippen LogP contribution is -2.37. The fourth-order valence-corrected chi connectivity index (χ4v) is 3.67. The predicted octanol–water partition coefficient (Wildman–Crippen LogP) is 2.76. The van der Waals surface area contributed by atoms with E-state index < -0.39 is 0 Å². The molecule has 2 aromatic heterocycles. The van der Waals surface area contributed by atoms with Crippen molar-refractivity contribution in [3.05, 3.63) is 64.0 Å². The van der Waals surface area contributed by atoms with E-state index in [2.05, 4.69) is 15.0 Å². The molecule has 3 heterocycles. The molecular formula is C20H23FN4O2. The summed E-state index contributed by atoms with van der Waals surface area (Å²) < 4.78 is 20.8. The van der Waals surface area contributed by atoms with Gasteiger partial charge in [0.2, 0.25) is 0 Å². The quantitative estimate of drug-likeness (QED) is 0.750. The number of piperidine rings is 1. The van der Waals surface area contributed by atoms with Gasteiger partial charge in [0.25, 0.3) is 5.56 Å². The predicted molar refractivity (Wildman–Crippen MR) is 100 cm³/mol. The molecule has 0 bridgehead atoms. The second-order valence-electron chi connectivity index (χ2n) is 7.20. The summed E-state index contributed by atoms with van der Waals surface area (Å²) in [6.45, 7) is 4.83. The SMILES string of the molecule is Cc1cc2nc(CN3CCC[C@@H](COc4ccccc4F)C3)cc(=O)n2[nH]1. The first kappa shape index (κ1) is 17.7. The average molecular weight is 370 g/mol. The van der Waals surface area contributed by atoms with E-state index in [4.69, 9.17) is 4.74 Å². The summed E-state index contributed by atoms with van der Waals surface area (Å²) in [5.74, 6) is 0.306. The van der Waals surface area contributed by atoms with Crippen LogP contribution in [0.4, 0.5) is 4.39 Å². The summed E-state index contributed by atoms with van der Waals surface area (Å²) >= 11 is 0. The van der Waals surface area contributed by atoms with Gasteiger partial charge in [0.1, 0.15) is 0 Å². The van der Waals surface area contributed by atoms with Crippen molar-refractivity contribution in [3.8, 4) is 5.75 Å². The van der Waals surface area contributed by atoms with Crippen molar-refractivity contribution in [2.24, 2.45) is 5.92 Å². The molecular weight excluding hydrogens is 347 g/mol. The Labute approximate surface area is 156 Å². The maximum Gasteiger partial charge on any atom is 0.272 e. The Kier molecular flexibility index (Phi) is 4.94. The number of para-hydroxylation sites is 1. The highest BCUT2D eigenvalue weighted by Gasteiger charge is 2.21. The second-order valence-corrected chi connectivity index (χ2v) is 7.20. The zero-order valence-electron chi connectivity index (χ0n) is 15.3. The van der Waals surface area contributed by atoms with E-state index in [1.54, 1.807) is 24.3 Å². The van der Waals surface area contributed by atoms with Crippen LogP contribution in [-0.4, -0.2) is 39.2 Å². The van der Waals surface area contributed by atoms with Gasteiger partial charge in [0.15, 0.2) is 17.2 Å². The van der Waals surface area contributed by atoms with Gasteiger partial charge in [0, 0.05) is 36.8 Å². The molecule has 1 saturated heterocycles. The normalized spacial score (nSPS) is 18.1. The first-order chi connectivity index (χ1) is 13.1. The van der Waals surface area contributed by atoms with Crippen molar-refractivity contribution >= 4 is 5.65 Å². The van der Waals surface area contributed by atoms with Crippen LogP contribution in [0.15, 0.2) is 41.2 Å². The smallest absolute Gasteiger partial charge is 0.272 e. The van der Waals surface area contributed by atoms with Gasteiger partial charge in [-0.15, -0.1) is 0 Å². The van der Waals surface area contributed by atoms with Crippen molar-refractivity contribution in [2.45, 2.75) is 26.3 Å². The molecule has 1 aliphatic heterocycles. The van der Waals surface area contributed by atoms with Gasteiger partial charge in [-0.3, -0.25) is 14.8 Å². The van der Waals surface area contributed by atoms with Crippen LogP contribution in [0.3, 0.4) is 0 Å². The molecule has 0 radical (unpaired) electrons. The highest BCUT2D eigenvalue weighted by atomic mass is 19.1. The van der Waals surface area contributed by atoms with E-state index in [0.29, 0.717) is 30.5 Å². The lowest BCUT2D eigenvalue weighted by molar-refractivity contribution is 0.122. The third-order valence-electron chi connectivity index (χ3n) is 4.93. The molecule has 0 saturated carbocycles. The number of halogens is 1. The van der Waals surface area contributed by atoms with Crippen molar-refractivity contribution in [2.75, 3.05) is 19.7 Å². The Hall–Kier alpha value is -2.67. The molecule has 1 aromatic carbocycles. The number of benzene rings is 1. The largest absolute Gasteiger partial charge is 0.490 e. The summed E-state index contributed by atoms with van der Waals surface area (Å²) in [6.07, 6.45) is 2.10. The summed E-state index contributed by atoms with van der Waals surface area (Å²) in [6, 6.07) is 9.94. The lowest BCUT2D eigenvalue weighted by atomic mass is 9.99. The molecule has 6 nitrogen and oxygen atoms in total. The van der Waals surface area contributed by atoms with Crippen LogP contribution in [0.25, 0.3) is 5.65 Å². The Morgan fingerprint density at radius 1 is 1.33 bits per heavy atom. The Bertz CT molecular complexity index is 997. The zero-order chi connectivity index (χ0) is 18.8. The van der Waals surface area contributed by atoms with Crippen LogP contribution in [0, 0.1) is 18.7 Å². The summed E-state index contributed by atoms with van der Waals surface area (Å²) in [5.41, 5.74) is 2.22. The number of nitrogens with zero attached hydrogens (tertiary/aromatic N) is 3. The van der Waals surface area contributed by atoms with Gasteiger partial charge in [-0.25, -0.2) is 13.9 Å². The summed E-state index contributed by atoms with van der Waals surface area (Å²) in [5, 5.41) is 2.98. The van der Waals surface area contributed by atoms with Gasteiger partial charge in [0.05, 0.1) is 12.3 Å². The minimum atomic E-state index is -0.329. The Morgan fingerprint density at radius 2 is 2.19 bits per heavy atom. The molecule has 4 rings (SSSR count). The molecule has 27 heavy (non-hydrogen) atoms. The Balaban J connectivity index is 1.40. The van der Waals surface area contributed by atoms with E-state index in [9.17, 15) is 9.18 Å². The van der Waals surface area contributed by atoms with E-state index in [-0.39, 0.29) is 11.4 Å². The van der Waals surface area contributed by atoms with Crippen LogP contribution in [0.2, 0.25) is 0 Å². The van der Waals surface area contributed by atoms with Crippen molar-refractivity contribution in [1.29, 1.82) is 0 Å². The summed E-state index contributed by atoms with van der Waals surface area (Å²) in [7, 11) is 0.